The molecule has 0 aromatic heterocycles. The number of ether oxygens (including phenoxy) is 2. The summed E-state index contributed by atoms with van der Waals surface area (Å²) in [6.45, 7) is 8.60. The van der Waals surface area contributed by atoms with Gasteiger partial charge in [-0.3, -0.25) is 0 Å². The molecular formula is C32H56N2O4. The van der Waals surface area contributed by atoms with Crippen molar-refractivity contribution >= 4 is 11.9 Å². The molecule has 38 heavy (non-hydrogen) atoms. The summed E-state index contributed by atoms with van der Waals surface area (Å²) in [5.74, 6) is -0.809. The van der Waals surface area contributed by atoms with E-state index in [-0.39, 0.29) is 0 Å². The zero-order valence-electron chi connectivity index (χ0n) is 25.0. The maximum absolute atomic E-state index is 12.5. The van der Waals surface area contributed by atoms with Crippen LogP contribution in [0, 0.1) is 0 Å². The van der Waals surface area contributed by atoms with Crippen molar-refractivity contribution < 1.29 is 19.1 Å². The molecule has 0 fully saturated rings. The maximum atomic E-state index is 12.5. The van der Waals surface area contributed by atoms with Crippen molar-refractivity contribution in [2.45, 2.75) is 104 Å². The van der Waals surface area contributed by atoms with Crippen LogP contribution in [0.3, 0.4) is 0 Å². The molecule has 0 amide bonds. The molecule has 0 saturated carbocycles. The molecule has 0 aliphatic rings. The first kappa shape index (κ1) is 34.1. The summed E-state index contributed by atoms with van der Waals surface area (Å²) in [4.78, 5) is 29.4. The average Bonchev–Trinajstić information content (AvgIpc) is 2.92. The predicted octanol–water partition coefficient (Wildman–Crippen LogP) is 7.37. The zero-order chi connectivity index (χ0) is 27.8. The van der Waals surface area contributed by atoms with Crippen LogP contribution in [0.5, 0.6) is 0 Å². The molecule has 0 bridgehead atoms. The van der Waals surface area contributed by atoms with Crippen LogP contribution in [-0.4, -0.2) is 75.2 Å². The fraction of sp³-hybridized carbons (Fsp3) is 0.750. The molecule has 1 rings (SSSR count). The number of rotatable bonds is 24. The SMILES string of the molecule is CCCCCCCCCN(C)CCOC(=O)c1cccc(C(=O)OCCN(C)CCCCCCCCC)c1. The second kappa shape index (κ2) is 23.0. The minimum absolute atomic E-state index is 0.339. The van der Waals surface area contributed by atoms with Crippen LogP contribution >= 0.6 is 0 Å². The van der Waals surface area contributed by atoms with Crippen LogP contribution in [0.4, 0.5) is 0 Å². The number of carbonyl (C=O) groups is 2. The van der Waals surface area contributed by atoms with Gasteiger partial charge in [-0.1, -0.05) is 97.0 Å². The van der Waals surface area contributed by atoms with Crippen molar-refractivity contribution in [1.82, 2.24) is 9.80 Å². The van der Waals surface area contributed by atoms with Gasteiger partial charge < -0.3 is 19.3 Å². The van der Waals surface area contributed by atoms with E-state index >= 15 is 0 Å². The monoisotopic (exact) mass is 532 g/mol. The van der Waals surface area contributed by atoms with E-state index in [4.69, 9.17) is 9.47 Å². The van der Waals surface area contributed by atoms with Crippen molar-refractivity contribution in [2.24, 2.45) is 0 Å². The Morgan fingerprint density at radius 1 is 0.579 bits per heavy atom. The summed E-state index contributed by atoms with van der Waals surface area (Å²) in [7, 11) is 4.13. The molecule has 0 unspecified atom stereocenters. The highest BCUT2D eigenvalue weighted by Gasteiger charge is 2.13. The van der Waals surface area contributed by atoms with Gasteiger partial charge in [0.05, 0.1) is 11.1 Å². The molecule has 0 aliphatic heterocycles. The van der Waals surface area contributed by atoms with Gasteiger partial charge in [0.2, 0.25) is 0 Å². The molecule has 6 nitrogen and oxygen atoms in total. The average molecular weight is 533 g/mol. The van der Waals surface area contributed by atoms with Crippen molar-refractivity contribution in [3.8, 4) is 0 Å². The quantitative estimate of drug-likeness (QED) is 0.102. The molecule has 218 valence electrons. The highest BCUT2D eigenvalue weighted by atomic mass is 16.5. The Bertz CT molecular complexity index is 683. The molecule has 0 saturated heterocycles. The Kier molecular flexibility index (Phi) is 20.7. The Balaban J connectivity index is 2.22. The molecule has 0 aliphatic carbocycles. The van der Waals surface area contributed by atoms with E-state index < -0.39 is 11.9 Å². The molecule has 0 heterocycles. The summed E-state index contributed by atoms with van der Waals surface area (Å²) in [5, 5.41) is 0. The topological polar surface area (TPSA) is 59.1 Å². The van der Waals surface area contributed by atoms with Crippen LogP contribution in [0.2, 0.25) is 0 Å². The number of hydrogen-bond donors (Lipinski definition) is 0. The lowest BCUT2D eigenvalue weighted by Gasteiger charge is -2.17. The van der Waals surface area contributed by atoms with E-state index in [0.717, 1.165) is 13.1 Å². The number of esters is 2. The lowest BCUT2D eigenvalue weighted by molar-refractivity contribution is 0.0471. The maximum Gasteiger partial charge on any atom is 0.338 e. The van der Waals surface area contributed by atoms with Gasteiger partial charge in [0.25, 0.3) is 0 Å². The molecule has 0 radical (unpaired) electrons. The summed E-state index contributed by atoms with van der Waals surface area (Å²) >= 11 is 0. The summed E-state index contributed by atoms with van der Waals surface area (Å²) in [5.41, 5.74) is 0.760. The molecular weight excluding hydrogens is 476 g/mol. The van der Waals surface area contributed by atoms with Gasteiger partial charge in [0, 0.05) is 13.1 Å². The Labute approximate surface area is 233 Å². The number of benzene rings is 1. The van der Waals surface area contributed by atoms with Crippen molar-refractivity contribution in [3.63, 3.8) is 0 Å². The smallest absolute Gasteiger partial charge is 0.338 e. The summed E-state index contributed by atoms with van der Waals surface area (Å²) in [6, 6.07) is 6.62. The van der Waals surface area contributed by atoms with Crippen LogP contribution in [0.15, 0.2) is 24.3 Å². The first-order valence-electron chi connectivity index (χ1n) is 15.3. The van der Waals surface area contributed by atoms with Gasteiger partial charge in [-0.15, -0.1) is 0 Å². The van der Waals surface area contributed by atoms with E-state index in [0.29, 0.717) is 37.4 Å². The van der Waals surface area contributed by atoms with Gasteiger partial charge in [0.1, 0.15) is 13.2 Å². The fourth-order valence-corrected chi connectivity index (χ4v) is 4.43. The summed E-state index contributed by atoms with van der Waals surface area (Å²) in [6.07, 6.45) is 18.1. The lowest BCUT2D eigenvalue weighted by Crippen LogP contribution is -2.26. The minimum atomic E-state index is -0.404. The molecule has 6 heteroatoms. The molecule has 1 aromatic rings. The molecule has 0 spiro atoms. The second-order valence-electron chi connectivity index (χ2n) is 10.7. The lowest BCUT2D eigenvalue weighted by atomic mass is 10.1. The van der Waals surface area contributed by atoms with E-state index in [2.05, 4.69) is 37.7 Å². The first-order valence-corrected chi connectivity index (χ1v) is 15.3. The Morgan fingerprint density at radius 2 is 0.947 bits per heavy atom. The van der Waals surface area contributed by atoms with Gasteiger partial charge in [-0.2, -0.15) is 0 Å². The van der Waals surface area contributed by atoms with Crippen LogP contribution < -0.4 is 0 Å². The number of likely N-dealkylation sites (N-methyl/N-ethyl adjacent to an activating group) is 2. The summed E-state index contributed by atoms with van der Waals surface area (Å²) < 4.78 is 10.9. The predicted molar refractivity (Wildman–Crippen MR) is 158 cm³/mol. The van der Waals surface area contributed by atoms with Crippen molar-refractivity contribution in [2.75, 3.05) is 53.5 Å². The largest absolute Gasteiger partial charge is 0.461 e. The fourth-order valence-electron chi connectivity index (χ4n) is 4.43. The van der Waals surface area contributed by atoms with E-state index in [9.17, 15) is 9.59 Å². The standard InChI is InChI=1S/C32H56N2O4/c1-5-7-9-11-13-15-17-22-33(3)24-26-37-31(35)29-20-19-21-30(28-29)32(36)38-27-25-34(4)23-18-16-14-12-10-8-6-2/h19-21,28H,5-18,22-27H2,1-4H3. The first-order chi connectivity index (χ1) is 18.5. The van der Waals surface area contributed by atoms with Gasteiger partial charge in [-0.25, -0.2) is 9.59 Å². The van der Waals surface area contributed by atoms with Crippen molar-refractivity contribution in [3.05, 3.63) is 35.4 Å². The molecule has 0 N–H and O–H groups in total. The third-order valence-electron chi connectivity index (χ3n) is 7.03. The number of nitrogens with zero attached hydrogens (tertiary/aromatic N) is 2. The van der Waals surface area contributed by atoms with Gasteiger partial charge in [-0.05, 0) is 58.2 Å². The van der Waals surface area contributed by atoms with Crippen LogP contribution in [-0.2, 0) is 9.47 Å². The number of carbonyl (C=O) groups excluding carboxylic acids is 2. The number of hydrogen-bond acceptors (Lipinski definition) is 6. The molecule has 0 atom stereocenters. The van der Waals surface area contributed by atoms with Crippen LogP contribution in [0.25, 0.3) is 0 Å². The molecule has 1 aromatic carbocycles. The van der Waals surface area contributed by atoms with Gasteiger partial charge in [0.15, 0.2) is 0 Å². The Hall–Kier alpha value is -1.92. The van der Waals surface area contributed by atoms with Crippen molar-refractivity contribution in [1.29, 1.82) is 0 Å². The van der Waals surface area contributed by atoms with Gasteiger partial charge >= 0.3 is 11.9 Å². The third kappa shape index (κ3) is 17.6. The van der Waals surface area contributed by atoms with Crippen LogP contribution in [0.1, 0.15) is 124 Å². The normalized spacial score (nSPS) is 11.3. The second-order valence-corrected chi connectivity index (χ2v) is 10.7. The minimum Gasteiger partial charge on any atom is -0.461 e. The highest BCUT2D eigenvalue weighted by molar-refractivity contribution is 5.95. The Morgan fingerprint density at radius 3 is 1.34 bits per heavy atom. The highest BCUT2D eigenvalue weighted by Crippen LogP contribution is 2.10. The van der Waals surface area contributed by atoms with E-state index in [1.165, 1.54) is 89.9 Å². The zero-order valence-corrected chi connectivity index (χ0v) is 25.0. The van der Waals surface area contributed by atoms with E-state index in [1.54, 1.807) is 24.3 Å². The third-order valence-corrected chi connectivity index (χ3v) is 7.03. The number of unbranched alkanes of at least 4 members (excludes halogenated alkanes) is 12. The van der Waals surface area contributed by atoms with E-state index in [1.807, 2.05) is 0 Å².